The largest absolute Gasteiger partial charge is 0.322 e. The van der Waals surface area contributed by atoms with E-state index in [0.717, 1.165) is 31.7 Å². The van der Waals surface area contributed by atoms with Gasteiger partial charge in [0.15, 0.2) is 0 Å². The fraction of sp³-hybridized carbons (Fsp3) is 0.278. The summed E-state index contributed by atoms with van der Waals surface area (Å²) in [6.45, 7) is 0. The second-order valence-electron chi connectivity index (χ2n) is 6.33. The molecule has 2 N–H and O–H groups in total. The van der Waals surface area contributed by atoms with Crippen molar-refractivity contribution in [2.24, 2.45) is 0 Å². The van der Waals surface area contributed by atoms with Crippen LogP contribution in [0, 0.1) is 5.82 Å². The summed E-state index contributed by atoms with van der Waals surface area (Å²) in [6, 6.07) is 7.55. The zero-order chi connectivity index (χ0) is 19.6. The van der Waals surface area contributed by atoms with Gasteiger partial charge in [-0.05, 0) is 49.2 Å². The van der Waals surface area contributed by atoms with E-state index < -0.39 is 21.7 Å². The van der Waals surface area contributed by atoms with Gasteiger partial charge in [-0.15, -0.1) is 0 Å². The average Bonchev–Trinajstić information content (AvgIpc) is 3.10. The Morgan fingerprint density at radius 3 is 2.41 bits per heavy atom. The lowest BCUT2D eigenvalue weighted by atomic mass is 10.2. The van der Waals surface area contributed by atoms with Crippen molar-refractivity contribution in [2.45, 2.75) is 36.6 Å². The van der Waals surface area contributed by atoms with Crippen LogP contribution in [-0.4, -0.2) is 20.4 Å². The van der Waals surface area contributed by atoms with Crippen LogP contribution in [0.5, 0.6) is 0 Å². The molecule has 0 unspecified atom stereocenters. The van der Waals surface area contributed by atoms with Gasteiger partial charge in [-0.2, -0.15) is 0 Å². The fourth-order valence-corrected chi connectivity index (χ4v) is 4.66. The highest BCUT2D eigenvalue weighted by Crippen LogP contribution is 2.25. The highest BCUT2D eigenvalue weighted by Gasteiger charge is 2.24. The molecule has 2 aromatic carbocycles. The lowest BCUT2D eigenvalue weighted by Crippen LogP contribution is -2.32. The highest BCUT2D eigenvalue weighted by molar-refractivity contribution is 7.89. The number of carbonyl (C=O) groups is 1. The quantitative estimate of drug-likeness (QED) is 0.727. The molecule has 5 nitrogen and oxygen atoms in total. The van der Waals surface area contributed by atoms with Crippen molar-refractivity contribution in [1.29, 1.82) is 0 Å². The van der Waals surface area contributed by atoms with Gasteiger partial charge in [-0.25, -0.2) is 17.5 Å². The van der Waals surface area contributed by atoms with Gasteiger partial charge in [-0.1, -0.05) is 36.0 Å². The maximum absolute atomic E-state index is 13.2. The third kappa shape index (κ3) is 4.79. The normalized spacial score (nSPS) is 15.1. The first kappa shape index (κ1) is 20.1. The number of nitrogens with one attached hydrogen (secondary N) is 2. The van der Waals surface area contributed by atoms with Crippen LogP contribution in [0.15, 0.2) is 41.3 Å². The summed E-state index contributed by atoms with van der Waals surface area (Å²) in [5.74, 6) is -1.24. The molecule has 27 heavy (non-hydrogen) atoms. The molecule has 1 fully saturated rings. The van der Waals surface area contributed by atoms with E-state index in [1.54, 1.807) is 0 Å². The van der Waals surface area contributed by atoms with E-state index in [0.29, 0.717) is 0 Å². The smallest absolute Gasteiger partial charge is 0.257 e. The minimum atomic E-state index is -3.76. The first-order valence-electron chi connectivity index (χ1n) is 8.34. The maximum Gasteiger partial charge on any atom is 0.257 e. The number of hydrogen-bond acceptors (Lipinski definition) is 3. The zero-order valence-corrected chi connectivity index (χ0v) is 16.5. The first-order chi connectivity index (χ1) is 12.8. The number of rotatable bonds is 5. The fourth-order valence-electron chi connectivity index (χ4n) is 2.95. The average molecular weight is 431 g/mol. The third-order valence-electron chi connectivity index (χ3n) is 4.35. The van der Waals surface area contributed by atoms with Gasteiger partial charge in [0, 0.05) is 11.7 Å². The van der Waals surface area contributed by atoms with Gasteiger partial charge in [0.2, 0.25) is 10.0 Å². The van der Waals surface area contributed by atoms with Crippen LogP contribution in [-0.2, 0) is 10.0 Å². The Balaban J connectivity index is 1.83. The summed E-state index contributed by atoms with van der Waals surface area (Å²) < 4.78 is 41.0. The molecule has 0 spiro atoms. The van der Waals surface area contributed by atoms with Crippen molar-refractivity contribution in [3.05, 3.63) is 57.8 Å². The molecule has 1 aliphatic carbocycles. The Kier molecular flexibility index (Phi) is 6.05. The Morgan fingerprint density at radius 1 is 1.04 bits per heavy atom. The molecule has 1 amide bonds. The van der Waals surface area contributed by atoms with Gasteiger partial charge < -0.3 is 5.32 Å². The van der Waals surface area contributed by atoms with E-state index in [1.807, 2.05) is 0 Å². The molecule has 2 aromatic rings. The van der Waals surface area contributed by atoms with Crippen LogP contribution in [0.25, 0.3) is 0 Å². The summed E-state index contributed by atoms with van der Waals surface area (Å²) in [6.07, 6.45) is 3.57. The molecule has 9 heteroatoms. The van der Waals surface area contributed by atoms with Crippen LogP contribution in [0.4, 0.5) is 10.1 Å². The predicted octanol–water partition coefficient (Wildman–Crippen LogP) is 4.61. The number of hydrogen-bond donors (Lipinski definition) is 2. The number of benzene rings is 2. The molecule has 1 aliphatic rings. The maximum atomic E-state index is 13.2. The van der Waals surface area contributed by atoms with Crippen LogP contribution < -0.4 is 10.0 Å². The number of anilines is 1. The lowest BCUT2D eigenvalue weighted by molar-refractivity contribution is 0.102. The number of amides is 1. The van der Waals surface area contributed by atoms with Gasteiger partial charge in [0.25, 0.3) is 5.91 Å². The van der Waals surface area contributed by atoms with Crippen LogP contribution in [0.3, 0.4) is 0 Å². The van der Waals surface area contributed by atoms with E-state index in [9.17, 15) is 17.6 Å². The number of halogens is 3. The second kappa shape index (κ2) is 8.14. The van der Waals surface area contributed by atoms with Crippen molar-refractivity contribution in [1.82, 2.24) is 4.72 Å². The van der Waals surface area contributed by atoms with Crippen molar-refractivity contribution >= 4 is 44.8 Å². The van der Waals surface area contributed by atoms with Crippen molar-refractivity contribution in [3.63, 3.8) is 0 Å². The van der Waals surface area contributed by atoms with Gasteiger partial charge >= 0.3 is 0 Å². The van der Waals surface area contributed by atoms with Crippen molar-refractivity contribution in [2.75, 3.05) is 5.32 Å². The molecule has 0 bridgehead atoms. The minimum Gasteiger partial charge on any atom is -0.322 e. The van der Waals surface area contributed by atoms with Crippen LogP contribution >= 0.6 is 23.2 Å². The number of carbonyl (C=O) groups excluding carboxylic acids is 1. The van der Waals surface area contributed by atoms with E-state index >= 15 is 0 Å². The van der Waals surface area contributed by atoms with E-state index in [-0.39, 0.29) is 32.2 Å². The van der Waals surface area contributed by atoms with E-state index in [4.69, 9.17) is 23.2 Å². The topological polar surface area (TPSA) is 75.3 Å². The van der Waals surface area contributed by atoms with E-state index in [1.165, 1.54) is 30.3 Å². The zero-order valence-electron chi connectivity index (χ0n) is 14.1. The minimum absolute atomic E-state index is 0.00795. The molecule has 0 heterocycles. The molecular weight excluding hydrogens is 414 g/mol. The second-order valence-corrected chi connectivity index (χ2v) is 8.86. The summed E-state index contributed by atoms with van der Waals surface area (Å²) in [5, 5.41) is 2.48. The van der Waals surface area contributed by atoms with Gasteiger partial charge in [0.05, 0.1) is 20.5 Å². The van der Waals surface area contributed by atoms with Crippen LogP contribution in [0.1, 0.15) is 36.0 Å². The summed E-state index contributed by atoms with van der Waals surface area (Å²) >= 11 is 11.8. The summed E-state index contributed by atoms with van der Waals surface area (Å²) in [4.78, 5) is 12.5. The Labute approximate surface area is 166 Å². The SMILES string of the molecule is O=C(Nc1ccc(F)c(Cl)c1)c1cc(S(=O)(=O)NC2CCCC2)ccc1Cl. The molecule has 0 aliphatic heterocycles. The Bertz CT molecular complexity index is 977. The molecule has 0 aromatic heterocycles. The van der Waals surface area contributed by atoms with E-state index in [2.05, 4.69) is 10.0 Å². The summed E-state index contributed by atoms with van der Waals surface area (Å²) in [7, 11) is -3.76. The highest BCUT2D eigenvalue weighted by atomic mass is 35.5. The van der Waals surface area contributed by atoms with Gasteiger partial charge in [0.1, 0.15) is 5.82 Å². The standard InChI is InChI=1S/C18H17Cl2FN2O3S/c19-15-7-6-13(27(25,26)23-11-3-1-2-4-11)10-14(15)18(24)22-12-5-8-17(21)16(20)9-12/h5-11,23H,1-4H2,(H,22,24). The lowest BCUT2D eigenvalue weighted by Gasteiger charge is -2.14. The Hall–Kier alpha value is -1.67. The molecule has 0 radical (unpaired) electrons. The van der Waals surface area contributed by atoms with Gasteiger partial charge in [-0.3, -0.25) is 4.79 Å². The molecule has 3 rings (SSSR count). The molecule has 1 saturated carbocycles. The monoisotopic (exact) mass is 430 g/mol. The molecular formula is C18H17Cl2FN2O3S. The van der Waals surface area contributed by atoms with Crippen LogP contribution in [0.2, 0.25) is 10.0 Å². The summed E-state index contributed by atoms with van der Waals surface area (Å²) in [5.41, 5.74) is 0.256. The van der Waals surface area contributed by atoms with Crippen molar-refractivity contribution in [3.8, 4) is 0 Å². The molecule has 0 atom stereocenters. The Morgan fingerprint density at radius 2 is 1.74 bits per heavy atom. The molecule has 0 saturated heterocycles. The van der Waals surface area contributed by atoms with Crippen molar-refractivity contribution < 1.29 is 17.6 Å². The first-order valence-corrected chi connectivity index (χ1v) is 10.6. The molecule has 144 valence electrons. The third-order valence-corrected chi connectivity index (χ3v) is 6.48. The predicted molar refractivity (Wildman–Crippen MR) is 103 cm³/mol. The number of sulfonamides is 1.